The highest BCUT2D eigenvalue weighted by Crippen LogP contribution is 2.27. The van der Waals surface area contributed by atoms with Crippen molar-refractivity contribution in [2.75, 3.05) is 29.6 Å². The molecule has 8 heteroatoms. The number of thioether (sulfide) groups is 1. The van der Waals surface area contributed by atoms with Gasteiger partial charge in [-0.15, -0.1) is 0 Å². The van der Waals surface area contributed by atoms with Crippen molar-refractivity contribution >= 4 is 23.4 Å². The molecule has 0 aliphatic carbocycles. The summed E-state index contributed by atoms with van der Waals surface area (Å²) in [5.74, 6) is -0.187. The van der Waals surface area contributed by atoms with Gasteiger partial charge in [0, 0.05) is 12.6 Å². The minimum Gasteiger partial charge on any atom is -0.384 e. The lowest BCUT2D eigenvalue weighted by Crippen LogP contribution is -2.15. The number of nitrogens with zero attached hydrogens (tertiary/aromatic N) is 2. The highest BCUT2D eigenvalue weighted by atomic mass is 32.2. The third-order valence-corrected chi connectivity index (χ3v) is 3.03. The molecule has 0 bridgehead atoms. The zero-order valence-electron chi connectivity index (χ0n) is 10.6. The standard InChI is InChI=1S/C11H17F3N4S/c1-19-6-4-2-3-5-16-9-7-8(15)17-10(18-9)11(12,13)14/h7H,2-6H2,1H3,(H3,15,16,17,18). The van der Waals surface area contributed by atoms with Crippen LogP contribution in [0.2, 0.25) is 0 Å². The van der Waals surface area contributed by atoms with E-state index in [0.717, 1.165) is 25.0 Å². The Kier molecular flexibility index (Phi) is 6.20. The smallest absolute Gasteiger partial charge is 0.384 e. The molecule has 4 nitrogen and oxygen atoms in total. The SMILES string of the molecule is CSCCCCCNc1cc(N)nc(C(F)(F)F)n1. The normalized spacial score (nSPS) is 11.6. The molecule has 0 saturated heterocycles. The Labute approximate surface area is 114 Å². The minimum atomic E-state index is -4.58. The molecule has 1 aromatic heterocycles. The van der Waals surface area contributed by atoms with Gasteiger partial charge in [-0.1, -0.05) is 6.42 Å². The summed E-state index contributed by atoms with van der Waals surface area (Å²) < 4.78 is 37.4. The molecule has 0 spiro atoms. The van der Waals surface area contributed by atoms with Gasteiger partial charge in [-0.25, -0.2) is 9.97 Å². The second-order valence-electron chi connectivity index (χ2n) is 3.98. The fourth-order valence-corrected chi connectivity index (χ4v) is 1.94. The average molecular weight is 294 g/mol. The number of halogens is 3. The van der Waals surface area contributed by atoms with E-state index in [4.69, 9.17) is 5.73 Å². The van der Waals surface area contributed by atoms with Gasteiger partial charge in [-0.3, -0.25) is 0 Å². The number of hydrogen-bond donors (Lipinski definition) is 2. The molecule has 0 aliphatic rings. The van der Waals surface area contributed by atoms with Gasteiger partial charge in [-0.2, -0.15) is 24.9 Å². The number of anilines is 2. The van der Waals surface area contributed by atoms with Gasteiger partial charge in [0.2, 0.25) is 5.82 Å². The third kappa shape index (κ3) is 6.00. The number of nitrogen functional groups attached to an aromatic ring is 1. The lowest BCUT2D eigenvalue weighted by atomic mass is 10.2. The van der Waals surface area contributed by atoms with Crippen molar-refractivity contribution in [2.24, 2.45) is 0 Å². The molecule has 1 heterocycles. The van der Waals surface area contributed by atoms with Gasteiger partial charge in [0.25, 0.3) is 0 Å². The van der Waals surface area contributed by atoms with Crippen LogP contribution in [-0.2, 0) is 6.18 Å². The van der Waals surface area contributed by atoms with E-state index in [1.165, 1.54) is 6.07 Å². The first-order valence-corrected chi connectivity index (χ1v) is 7.27. The number of alkyl halides is 3. The molecule has 0 fully saturated rings. The van der Waals surface area contributed by atoms with Crippen LogP contribution in [-0.4, -0.2) is 28.5 Å². The Morgan fingerprint density at radius 2 is 2.00 bits per heavy atom. The molecule has 0 amide bonds. The van der Waals surface area contributed by atoms with Crippen LogP contribution in [0, 0.1) is 0 Å². The minimum absolute atomic E-state index is 0.115. The first kappa shape index (κ1) is 15.9. The molecule has 0 radical (unpaired) electrons. The maximum atomic E-state index is 12.5. The monoisotopic (exact) mass is 294 g/mol. The van der Waals surface area contributed by atoms with Crippen LogP contribution in [0.15, 0.2) is 6.07 Å². The second-order valence-corrected chi connectivity index (χ2v) is 4.97. The van der Waals surface area contributed by atoms with E-state index < -0.39 is 12.0 Å². The zero-order chi connectivity index (χ0) is 14.3. The fourth-order valence-electron chi connectivity index (χ4n) is 1.45. The first-order valence-electron chi connectivity index (χ1n) is 5.88. The molecule has 0 unspecified atom stereocenters. The van der Waals surface area contributed by atoms with E-state index >= 15 is 0 Å². The van der Waals surface area contributed by atoms with Crippen LogP contribution in [0.4, 0.5) is 24.8 Å². The third-order valence-electron chi connectivity index (χ3n) is 2.33. The molecule has 19 heavy (non-hydrogen) atoms. The van der Waals surface area contributed by atoms with Crippen LogP contribution in [0.5, 0.6) is 0 Å². The number of unbranched alkanes of at least 4 members (excludes halogenated alkanes) is 2. The van der Waals surface area contributed by atoms with E-state index in [1.54, 1.807) is 11.8 Å². The highest BCUT2D eigenvalue weighted by molar-refractivity contribution is 7.98. The Morgan fingerprint density at radius 1 is 1.26 bits per heavy atom. The van der Waals surface area contributed by atoms with Crippen molar-refractivity contribution in [2.45, 2.75) is 25.4 Å². The topological polar surface area (TPSA) is 63.8 Å². The Hall–Kier alpha value is -1.18. The quantitative estimate of drug-likeness (QED) is 0.757. The summed E-state index contributed by atoms with van der Waals surface area (Å²) in [6, 6.07) is 1.30. The molecule has 1 rings (SSSR count). The van der Waals surface area contributed by atoms with Gasteiger partial charge in [0.05, 0.1) is 0 Å². The van der Waals surface area contributed by atoms with Crippen molar-refractivity contribution in [3.05, 3.63) is 11.9 Å². The zero-order valence-corrected chi connectivity index (χ0v) is 11.4. The largest absolute Gasteiger partial charge is 0.451 e. The second kappa shape index (κ2) is 7.42. The summed E-state index contributed by atoms with van der Waals surface area (Å²) in [6.45, 7) is 0.572. The molecule has 0 saturated carbocycles. The summed E-state index contributed by atoms with van der Waals surface area (Å²) in [4.78, 5) is 6.58. The van der Waals surface area contributed by atoms with E-state index in [0.29, 0.717) is 6.54 Å². The van der Waals surface area contributed by atoms with Gasteiger partial charge < -0.3 is 11.1 Å². The molecule has 1 aromatic rings. The molecule has 108 valence electrons. The van der Waals surface area contributed by atoms with Crippen LogP contribution in [0.1, 0.15) is 25.1 Å². The average Bonchev–Trinajstić information content (AvgIpc) is 2.32. The number of nitrogens with two attached hydrogens (primary N) is 1. The Morgan fingerprint density at radius 3 is 2.63 bits per heavy atom. The molecular formula is C11H17F3N4S. The van der Waals surface area contributed by atoms with Crippen molar-refractivity contribution in [3.63, 3.8) is 0 Å². The van der Waals surface area contributed by atoms with Crippen LogP contribution in [0.3, 0.4) is 0 Å². The number of hydrogen-bond acceptors (Lipinski definition) is 5. The maximum Gasteiger partial charge on any atom is 0.451 e. The Bertz CT molecular complexity index is 398. The summed E-state index contributed by atoms with van der Waals surface area (Å²) in [7, 11) is 0. The highest BCUT2D eigenvalue weighted by Gasteiger charge is 2.35. The number of rotatable bonds is 7. The molecule has 0 aliphatic heterocycles. The first-order chi connectivity index (χ1) is 8.93. The molecule has 3 N–H and O–H groups in total. The molecular weight excluding hydrogens is 277 g/mol. The lowest BCUT2D eigenvalue weighted by molar-refractivity contribution is -0.144. The van der Waals surface area contributed by atoms with Crippen LogP contribution in [0.25, 0.3) is 0 Å². The van der Waals surface area contributed by atoms with Crippen LogP contribution < -0.4 is 11.1 Å². The number of nitrogens with one attached hydrogen (secondary N) is 1. The predicted molar refractivity (Wildman–Crippen MR) is 72.2 cm³/mol. The van der Waals surface area contributed by atoms with E-state index in [9.17, 15) is 13.2 Å². The Balaban J connectivity index is 2.48. The van der Waals surface area contributed by atoms with Crippen molar-refractivity contribution in [3.8, 4) is 0 Å². The van der Waals surface area contributed by atoms with Gasteiger partial charge in [0.15, 0.2) is 0 Å². The number of aromatic nitrogens is 2. The maximum absolute atomic E-state index is 12.5. The van der Waals surface area contributed by atoms with Crippen molar-refractivity contribution in [1.82, 2.24) is 9.97 Å². The van der Waals surface area contributed by atoms with Crippen LogP contribution >= 0.6 is 11.8 Å². The van der Waals surface area contributed by atoms with Gasteiger partial charge in [-0.05, 0) is 24.9 Å². The lowest BCUT2D eigenvalue weighted by Gasteiger charge is -2.10. The summed E-state index contributed by atoms with van der Waals surface area (Å²) in [6.07, 6.45) is 0.472. The predicted octanol–water partition coefficient (Wildman–Crippen LogP) is 3.02. The van der Waals surface area contributed by atoms with E-state index in [1.807, 2.05) is 6.26 Å². The van der Waals surface area contributed by atoms with Crippen molar-refractivity contribution in [1.29, 1.82) is 0 Å². The van der Waals surface area contributed by atoms with Gasteiger partial charge in [0.1, 0.15) is 11.6 Å². The van der Waals surface area contributed by atoms with E-state index in [2.05, 4.69) is 15.3 Å². The molecule has 0 aromatic carbocycles. The van der Waals surface area contributed by atoms with E-state index in [-0.39, 0.29) is 11.6 Å². The van der Waals surface area contributed by atoms with Gasteiger partial charge >= 0.3 is 6.18 Å². The summed E-state index contributed by atoms with van der Waals surface area (Å²) in [5.41, 5.74) is 5.33. The van der Waals surface area contributed by atoms with Crippen molar-refractivity contribution < 1.29 is 13.2 Å². The summed E-state index contributed by atoms with van der Waals surface area (Å²) in [5, 5.41) is 2.84. The fraction of sp³-hybridized carbons (Fsp3) is 0.636. The molecule has 0 atom stereocenters. The summed E-state index contributed by atoms with van der Waals surface area (Å²) >= 11 is 1.78.